The number of hydrogen-bond acceptors (Lipinski definition) is 6. The molecule has 150 valence electrons. The Kier molecular flexibility index (Phi) is 4.19. The molecular weight excluding hydrogens is 396 g/mol. The van der Waals surface area contributed by atoms with Crippen LogP contribution < -0.4 is 28.2 Å². The predicted octanol–water partition coefficient (Wildman–Crippen LogP) is 0.482. The quantitative estimate of drug-likeness (QED) is 0.384. The Morgan fingerprint density at radius 1 is 0.931 bits per heavy atom. The summed E-state index contributed by atoms with van der Waals surface area (Å²) in [4.78, 5) is 58.9. The molecule has 0 spiro atoms. The van der Waals surface area contributed by atoms with E-state index in [1.165, 1.54) is 30.0 Å². The summed E-state index contributed by atoms with van der Waals surface area (Å²) in [7, 11) is 2.93. The smallest absolute Gasteiger partial charge is 0.329 e. The van der Waals surface area contributed by atoms with Crippen LogP contribution in [0, 0.1) is 0 Å². The van der Waals surface area contributed by atoms with Gasteiger partial charge in [0.15, 0.2) is 0 Å². The number of H-pyrrole nitrogens is 3. The van der Waals surface area contributed by atoms with Crippen LogP contribution in [-0.2, 0) is 20.5 Å². The van der Waals surface area contributed by atoms with Gasteiger partial charge in [-0.1, -0.05) is 6.92 Å². The van der Waals surface area contributed by atoms with Gasteiger partial charge in [0.25, 0.3) is 11.1 Å². The molecule has 4 rings (SSSR count). The van der Waals surface area contributed by atoms with Crippen LogP contribution in [0.25, 0.3) is 32.7 Å². The Morgan fingerprint density at radius 3 is 2.24 bits per heavy atom. The van der Waals surface area contributed by atoms with Gasteiger partial charge in [-0.2, -0.15) is 0 Å². The summed E-state index contributed by atoms with van der Waals surface area (Å²) in [5.74, 6) is -0.0820. The number of aromatic nitrogens is 5. The van der Waals surface area contributed by atoms with Crippen molar-refractivity contribution in [3.05, 3.63) is 58.7 Å². The van der Waals surface area contributed by atoms with Crippen LogP contribution in [0.5, 0.6) is 0 Å². The second-order valence-electron chi connectivity index (χ2n) is 6.61. The van der Waals surface area contributed by atoms with Gasteiger partial charge in [-0.05, 0) is 18.6 Å². The first-order valence-corrected chi connectivity index (χ1v) is 9.59. The summed E-state index contributed by atoms with van der Waals surface area (Å²) in [6.45, 7) is 2.02. The maximum Gasteiger partial charge on any atom is 0.329 e. The van der Waals surface area contributed by atoms with Crippen molar-refractivity contribution in [3.8, 4) is 21.7 Å². The van der Waals surface area contributed by atoms with E-state index >= 15 is 0 Å². The Labute approximate surface area is 166 Å². The second kappa shape index (κ2) is 6.48. The minimum Gasteiger partial charge on any atom is -0.384 e. The zero-order chi connectivity index (χ0) is 21.0. The molecule has 4 aromatic heterocycles. The molecule has 10 nitrogen and oxygen atoms in total. The molecule has 29 heavy (non-hydrogen) atoms. The molecule has 11 heteroatoms. The zero-order valence-corrected chi connectivity index (χ0v) is 16.7. The van der Waals surface area contributed by atoms with Gasteiger partial charge < -0.3 is 10.7 Å². The highest BCUT2D eigenvalue weighted by atomic mass is 32.1. The molecule has 0 aromatic carbocycles. The third-order valence-corrected chi connectivity index (χ3v) is 6.19. The fourth-order valence-corrected chi connectivity index (χ4v) is 4.27. The van der Waals surface area contributed by atoms with Crippen LogP contribution in [-0.4, -0.2) is 24.1 Å². The van der Waals surface area contributed by atoms with Gasteiger partial charge in [-0.15, -0.1) is 11.3 Å². The van der Waals surface area contributed by atoms with Crippen molar-refractivity contribution >= 4 is 28.2 Å². The summed E-state index contributed by atoms with van der Waals surface area (Å²) >= 11 is 1.49. The van der Waals surface area contributed by atoms with Gasteiger partial charge in [0.1, 0.15) is 11.5 Å². The van der Waals surface area contributed by atoms with E-state index in [1.807, 2.05) is 19.1 Å². The third kappa shape index (κ3) is 2.70. The highest BCUT2D eigenvalue weighted by Crippen LogP contribution is 2.39. The monoisotopic (exact) mass is 414 g/mol. The van der Waals surface area contributed by atoms with Crippen LogP contribution in [0.3, 0.4) is 0 Å². The molecule has 0 atom stereocenters. The van der Waals surface area contributed by atoms with Crippen molar-refractivity contribution in [2.75, 3.05) is 5.73 Å². The molecule has 0 aliphatic carbocycles. The first-order chi connectivity index (χ1) is 13.7. The Morgan fingerprint density at radius 2 is 1.59 bits per heavy atom. The van der Waals surface area contributed by atoms with Crippen LogP contribution in [0.4, 0.5) is 5.82 Å². The number of fused-ring (bicyclic) bond motifs is 1. The number of nitrogen functional groups attached to an aromatic ring is 1. The molecular formula is C18H18N6O4S. The van der Waals surface area contributed by atoms with Crippen LogP contribution in [0.1, 0.15) is 11.8 Å². The van der Waals surface area contributed by atoms with Crippen LogP contribution in [0.15, 0.2) is 31.3 Å². The fourth-order valence-electron chi connectivity index (χ4n) is 3.32. The molecule has 0 radical (unpaired) electrons. The minimum atomic E-state index is -0.715. The zero-order valence-electron chi connectivity index (χ0n) is 15.9. The Bertz CT molecular complexity index is 1510. The van der Waals surface area contributed by atoms with Gasteiger partial charge in [0.05, 0.1) is 21.5 Å². The first-order valence-electron chi connectivity index (χ1n) is 8.77. The Balaban J connectivity index is 2.26. The number of rotatable bonds is 3. The number of aromatic amines is 3. The molecule has 0 aliphatic rings. The molecule has 4 aromatic rings. The van der Waals surface area contributed by atoms with Gasteiger partial charge in [0, 0.05) is 24.5 Å². The first kappa shape index (κ1) is 18.7. The molecule has 0 aliphatic heterocycles. The lowest BCUT2D eigenvalue weighted by Gasteiger charge is -2.09. The third-order valence-electron chi connectivity index (χ3n) is 4.94. The molecule has 0 saturated carbocycles. The van der Waals surface area contributed by atoms with E-state index in [9.17, 15) is 19.2 Å². The van der Waals surface area contributed by atoms with Gasteiger partial charge in [0.2, 0.25) is 0 Å². The van der Waals surface area contributed by atoms with E-state index in [0.29, 0.717) is 5.69 Å². The number of nitrogens with zero attached hydrogens (tertiary/aromatic N) is 2. The molecule has 0 unspecified atom stereocenters. The van der Waals surface area contributed by atoms with Gasteiger partial charge in [-0.3, -0.25) is 28.7 Å². The van der Waals surface area contributed by atoms with Crippen LogP contribution >= 0.6 is 11.3 Å². The summed E-state index contributed by atoms with van der Waals surface area (Å²) in [5.41, 5.74) is 4.46. The van der Waals surface area contributed by atoms with Crippen molar-refractivity contribution in [1.29, 1.82) is 0 Å². The normalized spacial score (nSPS) is 11.4. The highest BCUT2D eigenvalue weighted by Gasteiger charge is 2.25. The maximum atomic E-state index is 12.7. The predicted molar refractivity (Wildman–Crippen MR) is 113 cm³/mol. The summed E-state index contributed by atoms with van der Waals surface area (Å²) in [6.07, 6.45) is 0.821. The molecule has 4 heterocycles. The molecule has 0 saturated heterocycles. The van der Waals surface area contributed by atoms with Crippen molar-refractivity contribution in [3.63, 3.8) is 0 Å². The lowest BCUT2D eigenvalue weighted by molar-refractivity contribution is 0.815. The molecule has 0 bridgehead atoms. The van der Waals surface area contributed by atoms with E-state index in [0.717, 1.165) is 20.7 Å². The summed E-state index contributed by atoms with van der Waals surface area (Å²) in [6, 6.07) is 3.82. The fraction of sp³-hybridized carbons (Fsp3) is 0.222. The van der Waals surface area contributed by atoms with Crippen molar-refractivity contribution in [2.24, 2.45) is 14.1 Å². The minimum absolute atomic E-state index is 0.0102. The van der Waals surface area contributed by atoms with E-state index in [4.69, 9.17) is 5.73 Å². The van der Waals surface area contributed by atoms with Gasteiger partial charge >= 0.3 is 11.4 Å². The van der Waals surface area contributed by atoms with E-state index < -0.39 is 22.5 Å². The second-order valence-corrected chi connectivity index (χ2v) is 7.78. The largest absolute Gasteiger partial charge is 0.384 e. The lowest BCUT2D eigenvalue weighted by Crippen LogP contribution is -2.32. The Hall–Kier alpha value is -3.60. The lowest BCUT2D eigenvalue weighted by atomic mass is 10.0. The topological polar surface area (TPSA) is 152 Å². The number of thiophene rings is 1. The molecule has 5 N–H and O–H groups in total. The van der Waals surface area contributed by atoms with E-state index in [1.54, 1.807) is 0 Å². The molecule has 0 amide bonds. The SMILES string of the molecule is CCc1ccc(-c2[nH]c3c(c2-c2c(N)n(C)c(=O)[nH]c2=O)c(=O)[nH]c(=O)n3C)s1. The van der Waals surface area contributed by atoms with Gasteiger partial charge in [-0.25, -0.2) is 9.59 Å². The number of hydrogen-bond donors (Lipinski definition) is 4. The number of nitrogens with two attached hydrogens (primary N) is 1. The summed E-state index contributed by atoms with van der Waals surface area (Å²) in [5, 5.41) is 0.115. The number of anilines is 1. The standard InChI is InChI=1S/C18H18N6O4S/c1-4-7-5-6-8(29-7)12-9(10-13(19)23(2)17(27)21-15(10)25)11-14(20-12)24(3)18(28)22-16(11)26/h5-6,20H,4,19H2,1-3H3,(H,21,25,27)(H,22,26,28). The highest BCUT2D eigenvalue weighted by molar-refractivity contribution is 7.15. The van der Waals surface area contributed by atoms with Crippen molar-refractivity contribution in [2.45, 2.75) is 13.3 Å². The van der Waals surface area contributed by atoms with Crippen molar-refractivity contribution < 1.29 is 0 Å². The van der Waals surface area contributed by atoms with Crippen LogP contribution in [0.2, 0.25) is 0 Å². The average Bonchev–Trinajstić information content (AvgIpc) is 3.29. The van der Waals surface area contributed by atoms with E-state index in [2.05, 4.69) is 15.0 Å². The number of nitrogens with one attached hydrogen (secondary N) is 3. The van der Waals surface area contributed by atoms with Crippen molar-refractivity contribution in [1.82, 2.24) is 24.1 Å². The summed E-state index contributed by atoms with van der Waals surface area (Å²) < 4.78 is 2.35. The number of aryl methyl sites for hydroxylation is 2. The average molecular weight is 414 g/mol. The van der Waals surface area contributed by atoms with E-state index in [-0.39, 0.29) is 28.0 Å². The maximum absolute atomic E-state index is 12.7. The molecule has 0 fully saturated rings.